The van der Waals surface area contributed by atoms with E-state index in [1.807, 2.05) is 18.2 Å². The Morgan fingerprint density at radius 1 is 1.14 bits per heavy atom. The van der Waals surface area contributed by atoms with Gasteiger partial charge in [-0.05, 0) is 27.7 Å². The minimum absolute atomic E-state index is 0.167. The van der Waals surface area contributed by atoms with Gasteiger partial charge in [0.1, 0.15) is 0 Å². The minimum atomic E-state index is -0.167. The van der Waals surface area contributed by atoms with Gasteiger partial charge in [-0.25, -0.2) is 0 Å². The number of aliphatic hydroxyl groups is 2. The number of benzene rings is 1. The molecule has 14 heavy (non-hydrogen) atoms. The first-order valence-corrected chi connectivity index (χ1v) is 4.85. The Kier molecular flexibility index (Phi) is 13.5. The summed E-state index contributed by atoms with van der Waals surface area (Å²) in [6.07, 6.45) is -0.167. The van der Waals surface area contributed by atoms with E-state index in [0.29, 0.717) is 0 Å². The highest BCUT2D eigenvalue weighted by molar-refractivity contribution is 5.11. The molecule has 0 bridgehead atoms. The average molecular weight is 198 g/mol. The van der Waals surface area contributed by atoms with Gasteiger partial charge in [0.25, 0.3) is 0 Å². The molecule has 0 aliphatic heterocycles. The van der Waals surface area contributed by atoms with Crippen LogP contribution in [0.4, 0.5) is 0 Å². The fourth-order valence-corrected chi connectivity index (χ4v) is 0.534. The monoisotopic (exact) mass is 198 g/mol. The van der Waals surface area contributed by atoms with Crippen LogP contribution in [0.25, 0.3) is 0 Å². The number of hydrogen-bond donors (Lipinski definition) is 2. The maximum atomic E-state index is 8.06. The molecule has 82 valence electrons. The van der Waals surface area contributed by atoms with Gasteiger partial charge in [0, 0.05) is 12.7 Å². The standard InChI is InChI=1S/C7H8.C3H8O.C2H6O/c1-7-5-3-2-4-6-7;1-3(2)4;1-2-3/h2-6H,1H3;3-4H,1-2H3;3H,2H2,1H3. The lowest BCUT2D eigenvalue weighted by Gasteiger charge is -1.82. The quantitative estimate of drug-likeness (QED) is 0.672. The van der Waals surface area contributed by atoms with E-state index >= 15 is 0 Å². The summed E-state index contributed by atoms with van der Waals surface area (Å²) in [4.78, 5) is 0. The molecule has 2 N–H and O–H groups in total. The van der Waals surface area contributed by atoms with Crippen LogP contribution in [0.2, 0.25) is 0 Å². The molecular formula is C12H22O2. The first-order valence-electron chi connectivity index (χ1n) is 4.85. The summed E-state index contributed by atoms with van der Waals surface area (Å²) in [6, 6.07) is 10.3. The fourth-order valence-electron chi connectivity index (χ4n) is 0.534. The molecule has 0 heterocycles. The van der Waals surface area contributed by atoms with Crippen molar-refractivity contribution in [3.63, 3.8) is 0 Å². The molecule has 0 aliphatic carbocycles. The average Bonchev–Trinajstić information content (AvgIpc) is 2.05. The summed E-state index contributed by atoms with van der Waals surface area (Å²) in [7, 11) is 0. The summed E-state index contributed by atoms with van der Waals surface area (Å²) < 4.78 is 0. The molecule has 1 rings (SSSR count). The van der Waals surface area contributed by atoms with Gasteiger partial charge < -0.3 is 10.2 Å². The van der Waals surface area contributed by atoms with Crippen LogP contribution in [0.5, 0.6) is 0 Å². The Labute approximate surface area is 87.2 Å². The molecule has 1 aromatic rings. The molecule has 0 fully saturated rings. The van der Waals surface area contributed by atoms with Gasteiger partial charge >= 0.3 is 0 Å². The van der Waals surface area contributed by atoms with Crippen LogP contribution in [0.3, 0.4) is 0 Å². The third kappa shape index (κ3) is 22.5. The zero-order valence-corrected chi connectivity index (χ0v) is 9.57. The van der Waals surface area contributed by atoms with Crippen molar-refractivity contribution in [2.45, 2.75) is 33.8 Å². The molecule has 1 aromatic carbocycles. The molecule has 0 aliphatic rings. The molecule has 0 saturated heterocycles. The van der Waals surface area contributed by atoms with E-state index in [4.69, 9.17) is 10.2 Å². The zero-order chi connectivity index (χ0) is 11.4. The smallest absolute Gasteiger partial charge is 0.0483 e. The third-order valence-corrected chi connectivity index (χ3v) is 0.940. The number of aryl methyl sites for hydroxylation is 1. The van der Waals surface area contributed by atoms with Crippen molar-refractivity contribution >= 4 is 0 Å². The van der Waals surface area contributed by atoms with Crippen molar-refractivity contribution in [3.05, 3.63) is 35.9 Å². The Hall–Kier alpha value is -0.860. The van der Waals surface area contributed by atoms with Crippen LogP contribution < -0.4 is 0 Å². The lowest BCUT2D eigenvalue weighted by atomic mass is 10.2. The summed E-state index contributed by atoms with van der Waals surface area (Å²) in [5.41, 5.74) is 1.32. The predicted molar refractivity (Wildman–Crippen MR) is 61.3 cm³/mol. The van der Waals surface area contributed by atoms with E-state index in [9.17, 15) is 0 Å². The van der Waals surface area contributed by atoms with E-state index in [1.54, 1.807) is 20.8 Å². The SMILES string of the molecule is CC(C)O.CCO.Cc1ccccc1. The van der Waals surface area contributed by atoms with Crippen molar-refractivity contribution < 1.29 is 10.2 Å². The highest BCUT2D eigenvalue weighted by atomic mass is 16.3. The second kappa shape index (κ2) is 12.1. The van der Waals surface area contributed by atoms with Crippen LogP contribution in [0.15, 0.2) is 30.3 Å². The van der Waals surface area contributed by atoms with E-state index in [-0.39, 0.29) is 12.7 Å². The van der Waals surface area contributed by atoms with Crippen LogP contribution >= 0.6 is 0 Å². The second-order valence-corrected chi connectivity index (χ2v) is 3.06. The number of rotatable bonds is 0. The Morgan fingerprint density at radius 2 is 1.43 bits per heavy atom. The molecule has 0 unspecified atom stereocenters. The Balaban J connectivity index is 0. The summed E-state index contributed by atoms with van der Waals surface area (Å²) in [5, 5.41) is 15.6. The molecule has 0 aromatic heterocycles. The highest BCUT2D eigenvalue weighted by Gasteiger charge is 1.72. The van der Waals surface area contributed by atoms with Crippen LogP contribution in [0.1, 0.15) is 26.3 Å². The Morgan fingerprint density at radius 3 is 1.57 bits per heavy atom. The zero-order valence-electron chi connectivity index (χ0n) is 9.57. The molecule has 0 radical (unpaired) electrons. The molecule has 0 amide bonds. The molecule has 2 heteroatoms. The maximum absolute atomic E-state index is 8.06. The van der Waals surface area contributed by atoms with Crippen molar-refractivity contribution in [1.82, 2.24) is 0 Å². The van der Waals surface area contributed by atoms with E-state index < -0.39 is 0 Å². The van der Waals surface area contributed by atoms with Crippen molar-refractivity contribution in [3.8, 4) is 0 Å². The fraction of sp³-hybridized carbons (Fsp3) is 0.500. The van der Waals surface area contributed by atoms with Gasteiger partial charge in [-0.15, -0.1) is 0 Å². The van der Waals surface area contributed by atoms with E-state index in [0.717, 1.165) is 0 Å². The van der Waals surface area contributed by atoms with Gasteiger partial charge in [0.05, 0.1) is 0 Å². The summed E-state index contributed by atoms with van der Waals surface area (Å²) in [5.74, 6) is 0. The molecular weight excluding hydrogens is 176 g/mol. The van der Waals surface area contributed by atoms with Crippen LogP contribution in [0, 0.1) is 6.92 Å². The molecule has 0 spiro atoms. The predicted octanol–water partition coefficient (Wildman–Crippen LogP) is 2.38. The van der Waals surface area contributed by atoms with Gasteiger partial charge in [0.15, 0.2) is 0 Å². The lowest BCUT2D eigenvalue weighted by molar-refractivity contribution is 0.216. The first kappa shape index (κ1) is 15.6. The second-order valence-electron chi connectivity index (χ2n) is 3.06. The van der Waals surface area contributed by atoms with Crippen molar-refractivity contribution in [2.75, 3.05) is 6.61 Å². The number of aliphatic hydroxyl groups excluding tert-OH is 2. The summed E-state index contributed by atoms with van der Waals surface area (Å²) in [6.45, 7) is 7.46. The topological polar surface area (TPSA) is 40.5 Å². The lowest BCUT2D eigenvalue weighted by Crippen LogP contribution is -1.85. The van der Waals surface area contributed by atoms with Gasteiger partial charge in [-0.3, -0.25) is 0 Å². The number of hydrogen-bond acceptors (Lipinski definition) is 2. The molecule has 0 atom stereocenters. The van der Waals surface area contributed by atoms with Gasteiger partial charge in [-0.2, -0.15) is 0 Å². The highest BCUT2D eigenvalue weighted by Crippen LogP contribution is 1.92. The van der Waals surface area contributed by atoms with E-state index in [2.05, 4.69) is 19.1 Å². The molecule has 2 nitrogen and oxygen atoms in total. The summed E-state index contributed by atoms with van der Waals surface area (Å²) >= 11 is 0. The van der Waals surface area contributed by atoms with Crippen LogP contribution in [-0.4, -0.2) is 22.9 Å². The molecule has 0 saturated carbocycles. The Bertz CT molecular complexity index is 180. The van der Waals surface area contributed by atoms with E-state index in [1.165, 1.54) is 5.56 Å². The third-order valence-electron chi connectivity index (χ3n) is 0.940. The van der Waals surface area contributed by atoms with Crippen molar-refractivity contribution in [2.24, 2.45) is 0 Å². The maximum Gasteiger partial charge on any atom is 0.0483 e. The van der Waals surface area contributed by atoms with Crippen LogP contribution in [-0.2, 0) is 0 Å². The minimum Gasteiger partial charge on any atom is -0.397 e. The van der Waals surface area contributed by atoms with Crippen molar-refractivity contribution in [1.29, 1.82) is 0 Å². The van der Waals surface area contributed by atoms with Gasteiger partial charge in [-0.1, -0.05) is 35.9 Å². The first-order chi connectivity index (χ1) is 6.54. The normalized spacial score (nSPS) is 8.21. The largest absolute Gasteiger partial charge is 0.397 e. The van der Waals surface area contributed by atoms with Gasteiger partial charge in [0.2, 0.25) is 0 Å².